The van der Waals surface area contributed by atoms with E-state index < -0.39 is 16.1 Å². The highest BCUT2D eigenvalue weighted by atomic mass is 32.2. The van der Waals surface area contributed by atoms with Gasteiger partial charge in [0, 0.05) is 12.8 Å². The van der Waals surface area contributed by atoms with Crippen LogP contribution in [-0.4, -0.2) is 24.0 Å². The van der Waals surface area contributed by atoms with Gasteiger partial charge >= 0.3 is 5.97 Å². The van der Waals surface area contributed by atoms with E-state index in [9.17, 15) is 17.8 Å². The zero-order chi connectivity index (χ0) is 18.3. The average molecular weight is 361 g/mol. The Morgan fingerprint density at radius 1 is 0.917 bits per heavy atom. The van der Waals surface area contributed by atoms with Crippen LogP contribution in [0.25, 0.3) is 0 Å². The Kier molecular flexibility index (Phi) is 13.5. The molecule has 5 nitrogen and oxygen atoms in total. The maximum atomic E-state index is 11.3. The molecule has 0 saturated carbocycles. The van der Waals surface area contributed by atoms with Crippen LogP contribution in [0, 0.1) is 0 Å². The summed E-state index contributed by atoms with van der Waals surface area (Å²) in [6.45, 7) is 2.09. The number of rotatable bonds is 15. The number of carbonyl (C=O) groups is 1. The van der Waals surface area contributed by atoms with Crippen LogP contribution in [0.1, 0.15) is 84.0 Å². The summed E-state index contributed by atoms with van der Waals surface area (Å²) in [4.78, 5) is 10.4. The second kappa shape index (κ2) is 14.2. The molecule has 0 fully saturated rings. The summed E-state index contributed by atoms with van der Waals surface area (Å²) in [5.74, 6) is -0.740. The third-order valence-corrected chi connectivity index (χ3v) is 4.75. The molecule has 0 aliphatic carbocycles. The maximum Gasteiger partial charge on any atom is 0.303 e. The Hall–Kier alpha value is -1.14. The largest absolute Gasteiger partial charge is 0.481 e. The van der Waals surface area contributed by atoms with Crippen molar-refractivity contribution in [2.45, 2.75) is 84.0 Å². The normalized spacial score (nSPS) is 12.8. The summed E-state index contributed by atoms with van der Waals surface area (Å²) >= 11 is 0. The van der Waals surface area contributed by atoms with Crippen LogP contribution in [-0.2, 0) is 14.9 Å². The highest BCUT2D eigenvalue weighted by Crippen LogP contribution is 2.14. The maximum absolute atomic E-state index is 11.3. The van der Waals surface area contributed by atoms with Gasteiger partial charge in [-0.25, -0.2) is 0 Å². The van der Waals surface area contributed by atoms with Crippen LogP contribution >= 0.6 is 0 Å². The summed E-state index contributed by atoms with van der Waals surface area (Å²) in [6.07, 6.45) is 15.2. The van der Waals surface area contributed by atoms with E-state index in [1.165, 1.54) is 0 Å². The Bertz CT molecular complexity index is 492. The molecule has 0 rings (SSSR count). The summed E-state index contributed by atoms with van der Waals surface area (Å²) in [5.41, 5.74) is 0. The van der Waals surface area contributed by atoms with Crippen LogP contribution in [0.3, 0.4) is 0 Å². The third-order valence-electron chi connectivity index (χ3n) is 3.76. The van der Waals surface area contributed by atoms with E-state index in [-0.39, 0.29) is 17.7 Å². The van der Waals surface area contributed by atoms with Crippen molar-refractivity contribution in [2.24, 2.45) is 0 Å². The summed E-state index contributed by atoms with van der Waals surface area (Å²) in [5, 5.41) is 8.52. The zero-order valence-electron chi connectivity index (χ0n) is 14.7. The van der Waals surface area contributed by atoms with Gasteiger partial charge in [-0.05, 0) is 32.1 Å². The Balaban J connectivity index is 3.92. The Morgan fingerprint density at radius 2 is 1.54 bits per heavy atom. The van der Waals surface area contributed by atoms with E-state index in [0.717, 1.165) is 57.8 Å². The van der Waals surface area contributed by atoms with Gasteiger partial charge in [0.2, 0.25) is 0 Å². The van der Waals surface area contributed by atoms with Crippen LogP contribution in [0.15, 0.2) is 23.1 Å². The third kappa shape index (κ3) is 14.5. The standard InChI is InChI=1S/C18H32O5S/c1-2-3-4-11-14-17(24(21,22)23)15-12-9-7-5-6-8-10-13-16-18(19)20/h9,12,14H,2-8,10-11,13,15-16H2,1H3,(H,19,20)(H,21,22,23)/b12-9-,17-14?. The monoisotopic (exact) mass is 360 g/mol. The van der Waals surface area contributed by atoms with Gasteiger partial charge in [0.25, 0.3) is 10.1 Å². The quantitative estimate of drug-likeness (QED) is 0.241. The van der Waals surface area contributed by atoms with E-state index in [2.05, 4.69) is 6.92 Å². The first-order valence-corrected chi connectivity index (χ1v) is 10.3. The second-order valence-corrected chi connectivity index (χ2v) is 7.49. The first kappa shape index (κ1) is 22.9. The van der Waals surface area contributed by atoms with Crippen LogP contribution in [0.2, 0.25) is 0 Å². The minimum atomic E-state index is -4.10. The first-order chi connectivity index (χ1) is 11.4. The lowest BCUT2D eigenvalue weighted by atomic mass is 10.1. The van der Waals surface area contributed by atoms with Gasteiger partial charge in [-0.15, -0.1) is 0 Å². The minimum Gasteiger partial charge on any atom is -0.481 e. The number of aliphatic carboxylic acids is 1. The van der Waals surface area contributed by atoms with Gasteiger partial charge in [-0.1, -0.05) is 57.3 Å². The fraction of sp³-hybridized carbons (Fsp3) is 0.722. The molecule has 0 bridgehead atoms. The van der Waals surface area contributed by atoms with Gasteiger partial charge in [0.1, 0.15) is 0 Å². The Morgan fingerprint density at radius 3 is 2.17 bits per heavy atom. The Labute approximate surface area is 146 Å². The van der Waals surface area contributed by atoms with E-state index in [0.29, 0.717) is 6.42 Å². The molecule has 6 heteroatoms. The van der Waals surface area contributed by atoms with Crippen LogP contribution in [0.5, 0.6) is 0 Å². The molecule has 0 aromatic rings. The molecule has 0 aromatic carbocycles. The van der Waals surface area contributed by atoms with Crippen molar-refractivity contribution in [1.82, 2.24) is 0 Å². The van der Waals surface area contributed by atoms with Crippen molar-refractivity contribution in [1.29, 1.82) is 0 Å². The van der Waals surface area contributed by atoms with E-state index in [1.54, 1.807) is 12.2 Å². The van der Waals surface area contributed by atoms with Crippen molar-refractivity contribution in [3.8, 4) is 0 Å². The molecular formula is C18H32O5S. The summed E-state index contributed by atoms with van der Waals surface area (Å²) in [7, 11) is -4.10. The molecule has 0 unspecified atom stereocenters. The number of carboxylic acid groups (broad SMARTS) is 1. The lowest BCUT2D eigenvalue weighted by molar-refractivity contribution is -0.137. The van der Waals surface area contributed by atoms with Crippen molar-refractivity contribution in [3.05, 3.63) is 23.1 Å². The van der Waals surface area contributed by atoms with Crippen molar-refractivity contribution >= 4 is 16.1 Å². The smallest absolute Gasteiger partial charge is 0.303 e. The van der Waals surface area contributed by atoms with Gasteiger partial charge in [0.05, 0.1) is 4.91 Å². The fourth-order valence-electron chi connectivity index (χ4n) is 2.34. The minimum absolute atomic E-state index is 0.0866. The molecule has 24 heavy (non-hydrogen) atoms. The second-order valence-electron chi connectivity index (χ2n) is 6.02. The molecule has 0 atom stereocenters. The summed E-state index contributed by atoms with van der Waals surface area (Å²) in [6, 6.07) is 0. The predicted octanol–water partition coefficient (Wildman–Crippen LogP) is 5.10. The molecule has 0 aliphatic heterocycles. The summed E-state index contributed by atoms with van der Waals surface area (Å²) < 4.78 is 31.9. The van der Waals surface area contributed by atoms with Crippen LogP contribution < -0.4 is 0 Å². The molecule has 0 heterocycles. The molecule has 140 valence electrons. The van der Waals surface area contributed by atoms with Crippen molar-refractivity contribution in [2.75, 3.05) is 0 Å². The molecule has 0 amide bonds. The molecule has 0 saturated heterocycles. The number of allylic oxidation sites excluding steroid dienone is 4. The molecule has 0 radical (unpaired) electrons. The zero-order valence-corrected chi connectivity index (χ0v) is 15.6. The number of hydrogen-bond donors (Lipinski definition) is 2. The van der Waals surface area contributed by atoms with Crippen molar-refractivity contribution in [3.63, 3.8) is 0 Å². The number of carboxylic acids is 1. The van der Waals surface area contributed by atoms with Crippen LogP contribution in [0.4, 0.5) is 0 Å². The number of hydrogen-bond acceptors (Lipinski definition) is 3. The van der Waals surface area contributed by atoms with E-state index >= 15 is 0 Å². The highest BCUT2D eigenvalue weighted by Gasteiger charge is 2.11. The molecule has 0 aromatic heterocycles. The first-order valence-electron chi connectivity index (χ1n) is 8.91. The van der Waals surface area contributed by atoms with Gasteiger partial charge in [-0.3, -0.25) is 9.35 Å². The number of unbranched alkanes of at least 4 members (excludes halogenated alkanes) is 8. The predicted molar refractivity (Wildman–Crippen MR) is 97.5 cm³/mol. The molecule has 0 aliphatic rings. The van der Waals surface area contributed by atoms with Gasteiger partial charge in [-0.2, -0.15) is 8.42 Å². The van der Waals surface area contributed by atoms with Gasteiger partial charge < -0.3 is 5.11 Å². The SMILES string of the molecule is CCCCCC=C(C/C=C\CCCCCCCC(=O)O)S(=O)(=O)O. The van der Waals surface area contributed by atoms with Gasteiger partial charge in [0.15, 0.2) is 0 Å². The fourth-order valence-corrected chi connectivity index (χ4v) is 2.97. The van der Waals surface area contributed by atoms with E-state index in [4.69, 9.17) is 5.11 Å². The van der Waals surface area contributed by atoms with E-state index in [1.807, 2.05) is 6.08 Å². The lowest BCUT2D eigenvalue weighted by Gasteiger charge is -2.01. The molecule has 2 N–H and O–H groups in total. The topological polar surface area (TPSA) is 91.7 Å². The average Bonchev–Trinajstić information content (AvgIpc) is 2.49. The molecular weight excluding hydrogens is 328 g/mol. The molecule has 0 spiro atoms. The van der Waals surface area contributed by atoms with Crippen molar-refractivity contribution < 1.29 is 22.9 Å². The highest BCUT2D eigenvalue weighted by molar-refractivity contribution is 7.89. The lowest BCUT2D eigenvalue weighted by Crippen LogP contribution is -2.01.